The van der Waals surface area contributed by atoms with Crippen molar-refractivity contribution in [1.29, 1.82) is 0 Å². The van der Waals surface area contributed by atoms with Gasteiger partial charge in [0.15, 0.2) is 0 Å². The average molecular weight is 179 g/mol. The Kier molecular flexibility index (Phi) is 1.74. The van der Waals surface area contributed by atoms with Gasteiger partial charge in [0.05, 0.1) is 0 Å². The molecule has 0 aromatic carbocycles. The van der Waals surface area contributed by atoms with Gasteiger partial charge in [0.1, 0.15) is 0 Å². The standard InChI is InChI=1S/C12H21N/c1-8(2)10-5-9-3-4-13-7-11(6-10)12(9)13/h8-12H,3-7H2,1-2H3/t9?,10?,11?,12-/m1/s1. The molecule has 1 saturated carbocycles. The van der Waals surface area contributed by atoms with Gasteiger partial charge in [0.25, 0.3) is 0 Å². The summed E-state index contributed by atoms with van der Waals surface area (Å²) in [5, 5.41) is 0. The van der Waals surface area contributed by atoms with Gasteiger partial charge in [0.2, 0.25) is 0 Å². The maximum absolute atomic E-state index is 2.73. The van der Waals surface area contributed by atoms with Gasteiger partial charge in [-0.1, -0.05) is 13.8 Å². The number of rotatable bonds is 1. The summed E-state index contributed by atoms with van der Waals surface area (Å²) in [4.78, 5) is 2.73. The van der Waals surface area contributed by atoms with Crippen LogP contribution in [0.3, 0.4) is 0 Å². The highest BCUT2D eigenvalue weighted by atomic mass is 15.3. The maximum Gasteiger partial charge on any atom is 0.0165 e. The molecule has 0 N–H and O–H groups in total. The molecule has 0 aromatic rings. The predicted molar refractivity (Wildman–Crippen MR) is 54.5 cm³/mol. The van der Waals surface area contributed by atoms with E-state index in [1.54, 1.807) is 0 Å². The molecule has 3 aliphatic rings. The lowest BCUT2D eigenvalue weighted by Crippen LogP contribution is -2.57. The summed E-state index contributed by atoms with van der Waals surface area (Å²) in [6, 6.07) is 1.04. The maximum atomic E-state index is 2.73. The van der Waals surface area contributed by atoms with Crippen molar-refractivity contribution in [2.45, 2.75) is 39.2 Å². The SMILES string of the molecule is CC(C)C1CC2CCN3CC(C1)[C@@H]23. The highest BCUT2D eigenvalue weighted by Gasteiger charge is 2.51. The third-order valence-corrected chi connectivity index (χ3v) is 4.80. The molecule has 13 heavy (non-hydrogen) atoms. The van der Waals surface area contributed by atoms with E-state index < -0.39 is 0 Å². The fraction of sp³-hybridized carbons (Fsp3) is 1.00. The molecule has 0 aromatic heterocycles. The Bertz CT molecular complexity index is 211. The van der Waals surface area contributed by atoms with Crippen LogP contribution in [0.25, 0.3) is 0 Å². The Morgan fingerprint density at radius 2 is 1.92 bits per heavy atom. The summed E-state index contributed by atoms with van der Waals surface area (Å²) in [6.45, 7) is 7.67. The van der Waals surface area contributed by atoms with Crippen molar-refractivity contribution in [3.63, 3.8) is 0 Å². The van der Waals surface area contributed by atoms with Gasteiger partial charge >= 0.3 is 0 Å². The first-order valence-corrected chi connectivity index (χ1v) is 5.99. The highest BCUT2D eigenvalue weighted by molar-refractivity contribution is 5.04. The normalized spacial score (nSPS) is 49.2. The fourth-order valence-corrected chi connectivity index (χ4v) is 4.01. The smallest absolute Gasteiger partial charge is 0.0165 e. The van der Waals surface area contributed by atoms with E-state index in [9.17, 15) is 0 Å². The average Bonchev–Trinajstić information content (AvgIpc) is 2.40. The molecule has 2 heterocycles. The first kappa shape index (κ1) is 8.28. The van der Waals surface area contributed by atoms with Crippen LogP contribution in [0.1, 0.15) is 33.1 Å². The van der Waals surface area contributed by atoms with E-state index >= 15 is 0 Å². The van der Waals surface area contributed by atoms with Gasteiger partial charge < -0.3 is 0 Å². The molecule has 1 nitrogen and oxygen atoms in total. The lowest BCUT2D eigenvalue weighted by Gasteiger charge is -2.52. The minimum atomic E-state index is 0.926. The molecule has 2 saturated heterocycles. The minimum absolute atomic E-state index is 0.926. The van der Waals surface area contributed by atoms with E-state index in [1.807, 2.05) is 0 Å². The van der Waals surface area contributed by atoms with Crippen LogP contribution < -0.4 is 0 Å². The summed E-state index contributed by atoms with van der Waals surface area (Å²) < 4.78 is 0. The molecule has 74 valence electrons. The second-order valence-electron chi connectivity index (χ2n) is 5.77. The first-order chi connectivity index (χ1) is 6.25. The zero-order chi connectivity index (χ0) is 9.00. The van der Waals surface area contributed by atoms with E-state index in [2.05, 4.69) is 18.7 Å². The van der Waals surface area contributed by atoms with Crippen molar-refractivity contribution in [2.75, 3.05) is 13.1 Å². The van der Waals surface area contributed by atoms with E-state index in [1.165, 1.54) is 32.4 Å². The Labute approximate surface area is 81.5 Å². The molecule has 1 heteroatoms. The minimum Gasteiger partial charge on any atom is -0.299 e. The van der Waals surface area contributed by atoms with Gasteiger partial charge in [-0.05, 0) is 49.5 Å². The van der Waals surface area contributed by atoms with Crippen molar-refractivity contribution >= 4 is 0 Å². The summed E-state index contributed by atoms with van der Waals surface area (Å²) >= 11 is 0. The van der Waals surface area contributed by atoms with Crippen LogP contribution in [0.5, 0.6) is 0 Å². The molecule has 3 rings (SSSR count). The summed E-state index contributed by atoms with van der Waals surface area (Å²) in [5.74, 6) is 4.15. The first-order valence-electron chi connectivity index (χ1n) is 5.99. The molecule has 0 radical (unpaired) electrons. The van der Waals surface area contributed by atoms with Crippen molar-refractivity contribution < 1.29 is 0 Å². The topological polar surface area (TPSA) is 3.24 Å². The van der Waals surface area contributed by atoms with Crippen molar-refractivity contribution in [3.05, 3.63) is 0 Å². The van der Waals surface area contributed by atoms with Crippen LogP contribution in [-0.4, -0.2) is 24.0 Å². The summed E-state index contributed by atoms with van der Waals surface area (Å²) in [5.41, 5.74) is 0. The van der Waals surface area contributed by atoms with Crippen LogP contribution in [0.4, 0.5) is 0 Å². The Balaban J connectivity index is 1.74. The monoisotopic (exact) mass is 179 g/mol. The molecule has 0 amide bonds. The van der Waals surface area contributed by atoms with E-state index in [-0.39, 0.29) is 0 Å². The Hall–Kier alpha value is -0.0400. The molecule has 2 aliphatic heterocycles. The van der Waals surface area contributed by atoms with Crippen LogP contribution in [-0.2, 0) is 0 Å². The zero-order valence-electron chi connectivity index (χ0n) is 8.87. The molecule has 4 atom stereocenters. The fourth-order valence-electron chi connectivity index (χ4n) is 4.01. The highest BCUT2D eigenvalue weighted by Crippen LogP contribution is 2.50. The quantitative estimate of drug-likeness (QED) is 0.597. The molecule has 0 bridgehead atoms. The van der Waals surface area contributed by atoms with Crippen molar-refractivity contribution in [3.8, 4) is 0 Å². The number of nitrogens with zero attached hydrogens (tertiary/aromatic N) is 1. The molecular weight excluding hydrogens is 158 g/mol. The summed E-state index contributed by atoms with van der Waals surface area (Å²) in [7, 11) is 0. The molecule has 1 aliphatic carbocycles. The van der Waals surface area contributed by atoms with Crippen molar-refractivity contribution in [1.82, 2.24) is 4.90 Å². The number of hydrogen-bond acceptors (Lipinski definition) is 1. The lowest BCUT2D eigenvalue weighted by atomic mass is 9.66. The van der Waals surface area contributed by atoms with Gasteiger partial charge in [-0.25, -0.2) is 0 Å². The molecule has 3 fully saturated rings. The van der Waals surface area contributed by atoms with Crippen LogP contribution in [0.15, 0.2) is 0 Å². The van der Waals surface area contributed by atoms with E-state index in [0.717, 1.165) is 29.7 Å². The second-order valence-corrected chi connectivity index (χ2v) is 5.77. The van der Waals surface area contributed by atoms with Gasteiger partial charge in [-0.3, -0.25) is 4.90 Å². The predicted octanol–water partition coefficient (Wildman–Crippen LogP) is 2.37. The van der Waals surface area contributed by atoms with Gasteiger partial charge in [-0.2, -0.15) is 0 Å². The van der Waals surface area contributed by atoms with Gasteiger partial charge in [0, 0.05) is 12.6 Å². The molecular formula is C12H21N. The lowest BCUT2D eigenvalue weighted by molar-refractivity contribution is -0.0256. The third-order valence-electron chi connectivity index (χ3n) is 4.80. The summed E-state index contributed by atoms with van der Waals surface area (Å²) in [6.07, 6.45) is 4.58. The molecule has 3 unspecified atom stereocenters. The number of hydrogen-bond donors (Lipinski definition) is 0. The van der Waals surface area contributed by atoms with E-state index in [0.29, 0.717) is 0 Å². The second kappa shape index (κ2) is 2.73. The third kappa shape index (κ3) is 1.09. The van der Waals surface area contributed by atoms with Gasteiger partial charge in [-0.15, -0.1) is 0 Å². The van der Waals surface area contributed by atoms with Crippen LogP contribution in [0.2, 0.25) is 0 Å². The van der Waals surface area contributed by atoms with Crippen LogP contribution >= 0.6 is 0 Å². The largest absolute Gasteiger partial charge is 0.299 e. The Morgan fingerprint density at radius 3 is 2.69 bits per heavy atom. The van der Waals surface area contributed by atoms with Crippen LogP contribution in [0, 0.1) is 23.7 Å². The molecule has 0 spiro atoms. The van der Waals surface area contributed by atoms with Crippen molar-refractivity contribution in [2.24, 2.45) is 23.7 Å². The Morgan fingerprint density at radius 1 is 1.15 bits per heavy atom. The zero-order valence-corrected chi connectivity index (χ0v) is 8.87. The van der Waals surface area contributed by atoms with E-state index in [4.69, 9.17) is 0 Å².